The Morgan fingerprint density at radius 2 is 1.45 bits per heavy atom. The number of hydrogen-bond donors (Lipinski definition) is 0. The van der Waals surface area contributed by atoms with E-state index in [1.165, 1.54) is 22.4 Å². The first kappa shape index (κ1) is 26.3. The highest BCUT2D eigenvalue weighted by molar-refractivity contribution is 6.09. The Morgan fingerprint density at radius 3 is 2.08 bits per heavy atom. The summed E-state index contributed by atoms with van der Waals surface area (Å²) in [4.78, 5) is 31.1. The van der Waals surface area contributed by atoms with Gasteiger partial charge in [0, 0.05) is 36.9 Å². The molecule has 0 radical (unpaired) electrons. The minimum Gasteiger partial charge on any atom is -0.447 e. The maximum absolute atomic E-state index is 13.6. The maximum Gasteiger partial charge on any atom is 0.289 e. The first-order chi connectivity index (χ1) is 17.9. The van der Waals surface area contributed by atoms with Crippen LogP contribution in [-0.2, 0) is 10.8 Å². The lowest BCUT2D eigenvalue weighted by molar-refractivity contribution is 0.0692. The van der Waals surface area contributed by atoms with E-state index in [0.717, 1.165) is 24.9 Å². The summed E-state index contributed by atoms with van der Waals surface area (Å²) >= 11 is 0. The van der Waals surface area contributed by atoms with Crippen molar-refractivity contribution in [1.29, 1.82) is 0 Å². The molecule has 5 rings (SSSR count). The number of rotatable bonds is 4. The lowest BCUT2D eigenvalue weighted by Gasteiger charge is -2.42. The van der Waals surface area contributed by atoms with Crippen LogP contribution in [0.15, 0.2) is 52.9 Å². The fraction of sp³-hybridized carbons (Fsp3) is 0.455. The van der Waals surface area contributed by atoms with Gasteiger partial charge in [-0.25, -0.2) is 0 Å². The molecule has 1 aromatic heterocycles. The molecule has 0 N–H and O–H groups in total. The van der Waals surface area contributed by atoms with E-state index in [0.29, 0.717) is 18.7 Å². The molecule has 0 bridgehead atoms. The molecule has 2 heterocycles. The van der Waals surface area contributed by atoms with Crippen LogP contribution in [0.25, 0.3) is 0 Å². The molecule has 200 valence electrons. The Bertz CT molecular complexity index is 1380. The Morgan fingerprint density at radius 1 is 0.842 bits per heavy atom. The number of nitrogens with zero attached hydrogens (tertiary/aromatic N) is 2. The van der Waals surface area contributed by atoms with E-state index in [4.69, 9.17) is 4.42 Å². The molecule has 2 aromatic carbocycles. The molecule has 1 aliphatic heterocycles. The van der Waals surface area contributed by atoms with Gasteiger partial charge in [0.25, 0.3) is 5.91 Å². The van der Waals surface area contributed by atoms with Crippen molar-refractivity contribution in [2.75, 3.05) is 24.5 Å². The van der Waals surface area contributed by atoms with Gasteiger partial charge in [-0.1, -0.05) is 51.5 Å². The highest BCUT2D eigenvalue weighted by atomic mass is 16.4. The fourth-order valence-electron chi connectivity index (χ4n) is 6.09. The van der Waals surface area contributed by atoms with Gasteiger partial charge in [-0.3, -0.25) is 9.59 Å². The van der Waals surface area contributed by atoms with Crippen LogP contribution in [-0.4, -0.2) is 42.3 Å². The SMILES string of the molecule is Cc1ccc(N2CCN(C(=O)c3ccc(C(=O)c4cc5c(cc4C)C(C)(C)CCC5(C)C)o3)CC2C)cc1. The van der Waals surface area contributed by atoms with Crippen molar-refractivity contribution in [3.05, 3.63) is 87.9 Å². The van der Waals surface area contributed by atoms with E-state index < -0.39 is 0 Å². The highest BCUT2D eigenvalue weighted by Gasteiger charge is 2.38. The Kier molecular flexibility index (Phi) is 6.53. The number of hydrogen-bond acceptors (Lipinski definition) is 4. The van der Waals surface area contributed by atoms with E-state index >= 15 is 0 Å². The first-order valence-corrected chi connectivity index (χ1v) is 13.8. The van der Waals surface area contributed by atoms with Crippen molar-refractivity contribution in [1.82, 2.24) is 4.90 Å². The van der Waals surface area contributed by atoms with E-state index in [1.807, 2.05) is 11.8 Å². The topological polar surface area (TPSA) is 53.8 Å². The quantitative estimate of drug-likeness (QED) is 0.360. The van der Waals surface area contributed by atoms with E-state index in [9.17, 15) is 9.59 Å². The largest absolute Gasteiger partial charge is 0.447 e. The summed E-state index contributed by atoms with van der Waals surface area (Å²) in [7, 11) is 0. The molecule has 1 unspecified atom stereocenters. The zero-order valence-corrected chi connectivity index (χ0v) is 23.9. The highest BCUT2D eigenvalue weighted by Crippen LogP contribution is 2.46. The molecule has 0 saturated carbocycles. The van der Waals surface area contributed by atoms with Crippen molar-refractivity contribution in [2.45, 2.75) is 78.2 Å². The molecular weight excluding hydrogens is 472 g/mol. The van der Waals surface area contributed by atoms with Crippen LogP contribution in [0.4, 0.5) is 5.69 Å². The average Bonchev–Trinajstić information content (AvgIpc) is 3.37. The Balaban J connectivity index is 1.34. The summed E-state index contributed by atoms with van der Waals surface area (Å²) in [6, 6.07) is 16.2. The number of furan rings is 1. The van der Waals surface area contributed by atoms with Gasteiger partial charge in [-0.15, -0.1) is 0 Å². The molecule has 38 heavy (non-hydrogen) atoms. The van der Waals surface area contributed by atoms with Crippen LogP contribution in [0.1, 0.15) is 96.4 Å². The van der Waals surface area contributed by atoms with Crippen LogP contribution in [0, 0.1) is 13.8 Å². The summed E-state index contributed by atoms with van der Waals surface area (Å²) in [5.74, 6) is 0.114. The maximum atomic E-state index is 13.6. The van der Waals surface area contributed by atoms with Crippen LogP contribution in [0.5, 0.6) is 0 Å². The fourth-order valence-corrected chi connectivity index (χ4v) is 6.09. The van der Waals surface area contributed by atoms with Crippen molar-refractivity contribution in [3.63, 3.8) is 0 Å². The minimum absolute atomic E-state index is 0.00922. The van der Waals surface area contributed by atoms with Gasteiger partial charge in [-0.05, 0) is 91.5 Å². The minimum atomic E-state index is -0.166. The van der Waals surface area contributed by atoms with Gasteiger partial charge in [0.1, 0.15) is 0 Å². The number of amides is 1. The molecule has 0 spiro atoms. The molecule has 5 nitrogen and oxygen atoms in total. The predicted octanol–water partition coefficient (Wildman–Crippen LogP) is 6.83. The standard InChI is InChI=1S/C33H40N2O3/c1-21-8-10-24(11-9-21)35-17-16-34(20-23(35)3)31(37)29-13-12-28(38-29)30(36)25-19-27-26(18-22(25)2)32(4,5)14-15-33(27,6)7/h8-13,18-19,23H,14-17,20H2,1-7H3. The number of carbonyl (C=O) groups excluding carboxylic acids is 2. The normalized spacial score (nSPS) is 20.2. The molecule has 1 amide bonds. The summed E-state index contributed by atoms with van der Waals surface area (Å²) in [5.41, 5.74) is 6.68. The monoisotopic (exact) mass is 512 g/mol. The van der Waals surface area contributed by atoms with Crippen molar-refractivity contribution in [3.8, 4) is 0 Å². The van der Waals surface area contributed by atoms with Crippen LogP contribution in [0.3, 0.4) is 0 Å². The second-order valence-corrected chi connectivity index (χ2v) is 12.6. The molecule has 1 saturated heterocycles. The first-order valence-electron chi connectivity index (χ1n) is 13.8. The van der Waals surface area contributed by atoms with E-state index in [2.05, 4.69) is 82.8 Å². The third kappa shape index (κ3) is 4.68. The lowest BCUT2D eigenvalue weighted by atomic mass is 9.62. The number of carbonyl (C=O) groups is 2. The number of ketones is 1. The third-order valence-corrected chi connectivity index (χ3v) is 8.76. The Labute approximate surface area is 226 Å². The summed E-state index contributed by atoms with van der Waals surface area (Å²) in [5, 5.41) is 0. The predicted molar refractivity (Wildman–Crippen MR) is 152 cm³/mol. The van der Waals surface area contributed by atoms with Crippen LogP contribution >= 0.6 is 0 Å². The van der Waals surface area contributed by atoms with E-state index in [1.54, 1.807) is 12.1 Å². The number of fused-ring (bicyclic) bond motifs is 1. The molecule has 2 aliphatic rings. The molecule has 5 heteroatoms. The van der Waals surface area contributed by atoms with Crippen molar-refractivity contribution in [2.24, 2.45) is 0 Å². The van der Waals surface area contributed by atoms with Gasteiger partial charge >= 0.3 is 0 Å². The van der Waals surface area contributed by atoms with Crippen LogP contribution in [0.2, 0.25) is 0 Å². The van der Waals surface area contributed by atoms with Gasteiger partial charge in [0.15, 0.2) is 11.5 Å². The second-order valence-electron chi connectivity index (χ2n) is 12.6. The molecular formula is C33H40N2O3. The van der Waals surface area contributed by atoms with Gasteiger partial charge in [0.2, 0.25) is 5.78 Å². The summed E-state index contributed by atoms with van der Waals surface area (Å²) in [6.07, 6.45) is 2.21. The Hall–Kier alpha value is -3.34. The van der Waals surface area contributed by atoms with Crippen molar-refractivity contribution >= 4 is 17.4 Å². The average molecular weight is 513 g/mol. The van der Waals surface area contributed by atoms with Crippen LogP contribution < -0.4 is 4.90 Å². The number of benzene rings is 2. The molecule has 3 aromatic rings. The van der Waals surface area contributed by atoms with E-state index in [-0.39, 0.29) is 40.1 Å². The smallest absolute Gasteiger partial charge is 0.289 e. The number of anilines is 1. The van der Waals surface area contributed by atoms with Gasteiger partial charge in [0.05, 0.1) is 0 Å². The number of aryl methyl sites for hydroxylation is 2. The number of piperazine rings is 1. The van der Waals surface area contributed by atoms with Crippen molar-refractivity contribution < 1.29 is 14.0 Å². The molecule has 1 aliphatic carbocycles. The molecule has 1 atom stereocenters. The van der Waals surface area contributed by atoms with Gasteiger partial charge in [-0.2, -0.15) is 0 Å². The second kappa shape index (κ2) is 9.44. The molecule has 1 fully saturated rings. The lowest BCUT2D eigenvalue weighted by Crippen LogP contribution is -2.53. The summed E-state index contributed by atoms with van der Waals surface area (Å²) in [6.45, 7) is 17.3. The zero-order valence-electron chi connectivity index (χ0n) is 23.9. The van der Waals surface area contributed by atoms with Gasteiger partial charge < -0.3 is 14.2 Å². The summed E-state index contributed by atoms with van der Waals surface area (Å²) < 4.78 is 5.91. The third-order valence-electron chi connectivity index (χ3n) is 8.76. The zero-order chi connectivity index (χ0) is 27.4.